The van der Waals surface area contributed by atoms with Crippen molar-refractivity contribution in [3.05, 3.63) is 0 Å². The van der Waals surface area contributed by atoms with Gasteiger partial charge >= 0.3 is 40.7 Å². The first-order valence-electron chi connectivity index (χ1n) is 0.289. The van der Waals surface area contributed by atoms with Gasteiger partial charge in [-0.2, -0.15) is 0 Å². The zero-order valence-electron chi connectivity index (χ0n) is 3.43. The number of rotatable bonds is 0. The Bertz CT molecular complexity index is 11.6. The Kier molecular flexibility index (Phi) is 108. The van der Waals surface area contributed by atoms with Crippen molar-refractivity contribution in [2.24, 2.45) is 0 Å². The van der Waals surface area contributed by atoms with E-state index in [4.69, 9.17) is 3.57 Å². The predicted molar refractivity (Wildman–Crippen MR) is 1.80 cm³/mol. The summed E-state index contributed by atoms with van der Waals surface area (Å²) in [5.74, 6) is 0. The first-order chi connectivity index (χ1) is 1.00. The Hall–Kier alpha value is 1.51. The molecule has 4 heteroatoms. The summed E-state index contributed by atoms with van der Waals surface area (Å²) in [7, 11) is 0. The summed E-state index contributed by atoms with van der Waals surface area (Å²) in [5.41, 5.74) is 0. The third-order valence-corrected chi connectivity index (χ3v) is 0. The Morgan fingerprint density at radius 1 is 1.50 bits per heavy atom. The molecular weight excluding hydrogens is 147 g/mol. The molecular formula is HLiNiOZn. The van der Waals surface area contributed by atoms with Crippen LogP contribution in [0, 0.1) is 0 Å². The third-order valence-electron chi connectivity index (χ3n) is 0. The van der Waals surface area contributed by atoms with E-state index in [0.717, 1.165) is 0 Å². The van der Waals surface area contributed by atoms with Gasteiger partial charge in [-0.25, -0.2) is 0 Å². The van der Waals surface area contributed by atoms with Crippen LogP contribution in [-0.2, 0) is 38.3 Å². The van der Waals surface area contributed by atoms with Crippen LogP contribution in [0.2, 0.25) is 0 Å². The maximum atomic E-state index is 8.38. The topological polar surface area (TPSA) is 17.1 Å². The van der Waals surface area contributed by atoms with E-state index in [1.54, 1.807) is 0 Å². The van der Waals surface area contributed by atoms with Crippen LogP contribution in [0.3, 0.4) is 0 Å². The second kappa shape index (κ2) is 24.3. The molecule has 0 aliphatic rings. The average molecular weight is 148 g/mol. The van der Waals surface area contributed by atoms with Crippen LogP contribution in [0.25, 0.3) is 0 Å². The molecule has 0 fully saturated rings. The fraction of sp³-hybridized carbons (Fsp3) is 0. The van der Waals surface area contributed by atoms with Gasteiger partial charge in [0.2, 0.25) is 0 Å². The van der Waals surface area contributed by atoms with E-state index in [2.05, 4.69) is 0 Å². The average Bonchev–Trinajstić information content (AvgIpc) is 1.00. The molecule has 0 atom stereocenters. The van der Waals surface area contributed by atoms with E-state index >= 15 is 0 Å². The van der Waals surface area contributed by atoms with Crippen LogP contribution in [0.4, 0.5) is 0 Å². The molecule has 1 nitrogen and oxygen atoms in total. The summed E-state index contributed by atoms with van der Waals surface area (Å²) in [6, 6.07) is 0. The molecule has 0 saturated heterocycles. The van der Waals surface area contributed by atoms with Gasteiger partial charge < -0.3 is 1.43 Å². The van der Waals surface area contributed by atoms with Gasteiger partial charge in [0.1, 0.15) is 0 Å². The SMILES string of the molecule is [H-].[Li+].[Ni].[O]=[Zn]. The Morgan fingerprint density at radius 3 is 1.50 bits per heavy atom. The molecule has 0 rings (SSSR count). The Morgan fingerprint density at radius 2 is 1.50 bits per heavy atom. The minimum atomic E-state index is 0. The molecule has 0 spiro atoms. The molecule has 0 aromatic carbocycles. The molecule has 0 amide bonds. The van der Waals surface area contributed by atoms with Gasteiger partial charge in [0.05, 0.1) is 0 Å². The van der Waals surface area contributed by atoms with Crippen molar-refractivity contribution in [3.63, 3.8) is 0 Å². The van der Waals surface area contributed by atoms with Crippen LogP contribution in [-0.4, -0.2) is 0 Å². The summed E-state index contributed by atoms with van der Waals surface area (Å²) in [6.45, 7) is 0. The second-order valence-electron chi connectivity index (χ2n) is 0. The van der Waals surface area contributed by atoms with Gasteiger partial charge in [-0.1, -0.05) is 0 Å². The first kappa shape index (κ1) is 17.8. The van der Waals surface area contributed by atoms with Crippen molar-refractivity contribution in [3.8, 4) is 0 Å². The van der Waals surface area contributed by atoms with Gasteiger partial charge in [0.15, 0.2) is 0 Å². The zero-order chi connectivity index (χ0) is 2.00. The number of hydrogen-bond donors (Lipinski definition) is 0. The molecule has 0 heterocycles. The van der Waals surface area contributed by atoms with Crippen LogP contribution in [0.5, 0.6) is 0 Å². The molecule has 4 heavy (non-hydrogen) atoms. The zero-order valence-corrected chi connectivity index (χ0v) is 6.39. The standard InChI is InChI=1S/Li.Ni.O.Zn.H/q+1;;;;-1. The van der Waals surface area contributed by atoms with Crippen molar-refractivity contribution in [1.82, 2.24) is 0 Å². The summed E-state index contributed by atoms with van der Waals surface area (Å²) < 4.78 is 8.38. The summed E-state index contributed by atoms with van der Waals surface area (Å²) >= 11 is 0.125. The third kappa shape index (κ3) is 9.69. The van der Waals surface area contributed by atoms with E-state index in [1.807, 2.05) is 0 Å². The fourth-order valence-electron chi connectivity index (χ4n) is 0. The van der Waals surface area contributed by atoms with Gasteiger partial charge in [-0.15, -0.1) is 0 Å². The van der Waals surface area contributed by atoms with Gasteiger partial charge in [-0.3, -0.25) is 0 Å². The van der Waals surface area contributed by atoms with Crippen LogP contribution in [0.15, 0.2) is 0 Å². The molecule has 0 radical (unpaired) electrons. The quantitative estimate of drug-likeness (QED) is 0.334. The molecule has 0 aromatic rings. The van der Waals surface area contributed by atoms with Gasteiger partial charge in [0.25, 0.3) is 0 Å². The Balaban J connectivity index is -0.00000000167. The summed E-state index contributed by atoms with van der Waals surface area (Å²) in [5, 5.41) is 0. The molecule has 0 aliphatic heterocycles. The van der Waals surface area contributed by atoms with E-state index < -0.39 is 0 Å². The maximum absolute atomic E-state index is 8.38. The molecule has 0 aliphatic carbocycles. The fourth-order valence-corrected chi connectivity index (χ4v) is 0. The van der Waals surface area contributed by atoms with Crippen molar-refractivity contribution >= 4 is 0 Å². The molecule has 20 valence electrons. The van der Waals surface area contributed by atoms with E-state index in [0.29, 0.717) is 0 Å². The summed E-state index contributed by atoms with van der Waals surface area (Å²) in [6.07, 6.45) is 0. The second-order valence-corrected chi connectivity index (χ2v) is 0. The van der Waals surface area contributed by atoms with Crippen LogP contribution >= 0.6 is 0 Å². The van der Waals surface area contributed by atoms with Gasteiger partial charge in [-0.05, 0) is 0 Å². The van der Waals surface area contributed by atoms with Crippen molar-refractivity contribution in [2.75, 3.05) is 0 Å². The van der Waals surface area contributed by atoms with E-state index in [9.17, 15) is 0 Å². The van der Waals surface area contributed by atoms with Crippen molar-refractivity contribution in [1.29, 1.82) is 0 Å². The molecule has 0 aromatic heterocycles. The van der Waals surface area contributed by atoms with Gasteiger partial charge in [0, 0.05) is 16.5 Å². The van der Waals surface area contributed by atoms with Crippen LogP contribution in [0.1, 0.15) is 1.43 Å². The monoisotopic (exact) mass is 146 g/mol. The minimum absolute atomic E-state index is 0. The normalized spacial score (nSPS) is 1.50. The molecule has 0 saturated carbocycles. The molecule has 0 bridgehead atoms. The van der Waals surface area contributed by atoms with Crippen LogP contribution < -0.4 is 18.9 Å². The van der Waals surface area contributed by atoms with Crippen molar-refractivity contribution < 1.29 is 58.6 Å². The first-order valence-corrected chi connectivity index (χ1v) is 1.50. The van der Waals surface area contributed by atoms with E-state index in [-0.39, 0.29) is 55.0 Å². The van der Waals surface area contributed by atoms with Crippen molar-refractivity contribution in [2.45, 2.75) is 0 Å². The van der Waals surface area contributed by atoms with E-state index in [1.165, 1.54) is 0 Å². The summed E-state index contributed by atoms with van der Waals surface area (Å²) in [4.78, 5) is 0. The molecule has 0 unspecified atom stereocenters. The Labute approximate surface area is 58.4 Å². The predicted octanol–water partition coefficient (Wildman–Crippen LogP) is -3.01. The molecule has 0 N–H and O–H groups in total. The number of hydrogen-bond acceptors (Lipinski definition) is 1.